The summed E-state index contributed by atoms with van der Waals surface area (Å²) in [5, 5.41) is 11.3. The molecule has 7 nitrogen and oxygen atoms in total. The molecule has 0 aromatic carbocycles. The number of allylic oxidation sites excluding steroid dienone is 1. The Hall–Kier alpha value is -2.67. The fraction of sp³-hybridized carbons (Fsp3) is 0.593. The Balaban J connectivity index is 1.77. The molecule has 0 amide bonds. The van der Waals surface area contributed by atoms with Gasteiger partial charge in [-0.25, -0.2) is 4.79 Å². The highest BCUT2D eigenvalue weighted by Crippen LogP contribution is 2.63. The van der Waals surface area contributed by atoms with Gasteiger partial charge in [0.15, 0.2) is 0 Å². The average molecular weight is 471 g/mol. The van der Waals surface area contributed by atoms with Crippen LogP contribution < -0.4 is 0 Å². The molecule has 34 heavy (non-hydrogen) atoms. The van der Waals surface area contributed by atoms with Gasteiger partial charge in [0.1, 0.15) is 11.9 Å². The molecule has 3 aliphatic rings. The van der Waals surface area contributed by atoms with Crippen molar-refractivity contribution in [2.24, 2.45) is 28.1 Å². The Kier molecular flexibility index (Phi) is 5.91. The molecule has 1 aromatic heterocycles. The second-order valence-corrected chi connectivity index (χ2v) is 11.0. The molecular weight excluding hydrogens is 436 g/mol. The van der Waals surface area contributed by atoms with E-state index in [9.17, 15) is 19.5 Å². The van der Waals surface area contributed by atoms with Gasteiger partial charge in [0.25, 0.3) is 0 Å². The van der Waals surface area contributed by atoms with E-state index < -0.39 is 46.3 Å². The SMILES string of the molecule is C=C1C2=CC(=O)O[C@@H](c3ccoc3)[C@]2(C)CC[C@@H]1[C@@]1(C)[C@@H](O)CC(=O)C(C)(C)[C@@H]1CC(=O)OC. The fourth-order valence-corrected chi connectivity index (χ4v) is 6.84. The Morgan fingerprint density at radius 3 is 2.59 bits per heavy atom. The van der Waals surface area contributed by atoms with E-state index in [1.165, 1.54) is 13.2 Å². The lowest BCUT2D eigenvalue weighted by Crippen LogP contribution is -2.60. The molecule has 0 unspecified atom stereocenters. The van der Waals surface area contributed by atoms with Gasteiger partial charge in [-0.2, -0.15) is 0 Å². The van der Waals surface area contributed by atoms with Gasteiger partial charge < -0.3 is 19.0 Å². The number of furan rings is 1. The van der Waals surface area contributed by atoms with E-state index >= 15 is 0 Å². The van der Waals surface area contributed by atoms with Crippen molar-refractivity contribution in [1.82, 2.24) is 0 Å². The van der Waals surface area contributed by atoms with E-state index in [0.717, 1.165) is 16.7 Å². The van der Waals surface area contributed by atoms with Crippen LogP contribution in [0.15, 0.2) is 46.8 Å². The molecule has 0 bridgehead atoms. The maximum atomic E-state index is 12.9. The average Bonchev–Trinajstić information content (AvgIpc) is 3.31. The number of aliphatic hydroxyl groups excluding tert-OH is 1. The van der Waals surface area contributed by atoms with Gasteiger partial charge in [-0.15, -0.1) is 0 Å². The fourth-order valence-electron chi connectivity index (χ4n) is 6.84. The van der Waals surface area contributed by atoms with Gasteiger partial charge in [-0.3, -0.25) is 9.59 Å². The zero-order valence-corrected chi connectivity index (χ0v) is 20.6. The van der Waals surface area contributed by atoms with Crippen LogP contribution in [0.1, 0.15) is 65.0 Å². The number of hydrogen-bond donors (Lipinski definition) is 1. The summed E-state index contributed by atoms with van der Waals surface area (Å²) >= 11 is 0. The molecule has 2 heterocycles. The molecule has 4 rings (SSSR count). The third-order valence-electron chi connectivity index (χ3n) is 9.04. The second-order valence-electron chi connectivity index (χ2n) is 11.0. The van der Waals surface area contributed by atoms with E-state index in [4.69, 9.17) is 13.9 Å². The third-order valence-corrected chi connectivity index (χ3v) is 9.04. The number of ether oxygens (including phenoxy) is 2. The predicted octanol–water partition coefficient (Wildman–Crippen LogP) is 4.32. The number of rotatable bonds is 4. The highest BCUT2D eigenvalue weighted by molar-refractivity contribution is 5.88. The summed E-state index contributed by atoms with van der Waals surface area (Å²) in [7, 11) is 1.33. The number of Topliss-reactive ketones (excluding diaryl/α,β-unsaturated/α-hetero) is 1. The van der Waals surface area contributed by atoms with Crippen molar-refractivity contribution in [2.45, 2.75) is 65.6 Å². The number of carbonyl (C=O) groups excluding carboxylic acids is 3. The summed E-state index contributed by atoms with van der Waals surface area (Å²) in [5.74, 6) is -1.64. The van der Waals surface area contributed by atoms with Gasteiger partial charge in [0.2, 0.25) is 0 Å². The van der Waals surface area contributed by atoms with Gasteiger partial charge in [0.05, 0.1) is 25.7 Å². The Morgan fingerprint density at radius 2 is 1.97 bits per heavy atom. The molecule has 184 valence electrons. The van der Waals surface area contributed by atoms with Gasteiger partial charge in [-0.05, 0) is 41.9 Å². The molecule has 1 aromatic rings. The molecule has 1 aliphatic heterocycles. The smallest absolute Gasteiger partial charge is 0.331 e. The van der Waals surface area contributed by atoms with Crippen molar-refractivity contribution >= 4 is 17.7 Å². The number of fused-ring (bicyclic) bond motifs is 1. The molecule has 6 atom stereocenters. The van der Waals surface area contributed by atoms with Crippen LogP contribution in [0.3, 0.4) is 0 Å². The highest BCUT2D eigenvalue weighted by Gasteiger charge is 2.62. The summed E-state index contributed by atoms with van der Waals surface area (Å²) in [4.78, 5) is 38.0. The Morgan fingerprint density at radius 1 is 1.26 bits per heavy atom. The van der Waals surface area contributed by atoms with E-state index in [1.54, 1.807) is 18.6 Å². The lowest BCUT2D eigenvalue weighted by molar-refractivity contribution is -0.170. The zero-order chi connectivity index (χ0) is 25.1. The molecule has 2 saturated carbocycles. The molecule has 0 radical (unpaired) electrons. The van der Waals surface area contributed by atoms with Crippen molar-refractivity contribution < 1.29 is 33.4 Å². The normalized spacial score (nSPS) is 37.5. The topological polar surface area (TPSA) is 103 Å². The van der Waals surface area contributed by atoms with Crippen LogP contribution in [0.4, 0.5) is 0 Å². The highest BCUT2D eigenvalue weighted by atomic mass is 16.5. The van der Waals surface area contributed by atoms with Gasteiger partial charge in [-0.1, -0.05) is 34.3 Å². The number of aliphatic hydroxyl groups is 1. The Labute approximate surface area is 200 Å². The predicted molar refractivity (Wildman–Crippen MR) is 123 cm³/mol. The number of esters is 2. The van der Waals surface area contributed by atoms with Crippen molar-refractivity contribution in [3.63, 3.8) is 0 Å². The number of ketones is 1. The van der Waals surface area contributed by atoms with E-state index in [1.807, 2.05) is 20.8 Å². The minimum Gasteiger partial charge on any atom is -0.472 e. The summed E-state index contributed by atoms with van der Waals surface area (Å²) in [6.45, 7) is 12.1. The molecular formula is C27H34O7. The minimum absolute atomic E-state index is 0.0148. The molecule has 7 heteroatoms. The van der Waals surface area contributed by atoms with E-state index in [2.05, 4.69) is 13.5 Å². The lowest BCUT2D eigenvalue weighted by atomic mass is 9.46. The summed E-state index contributed by atoms with van der Waals surface area (Å²) in [6.07, 6.45) is 4.56. The largest absolute Gasteiger partial charge is 0.472 e. The van der Waals surface area contributed by atoms with Crippen molar-refractivity contribution in [3.05, 3.63) is 48.0 Å². The molecule has 1 N–H and O–H groups in total. The van der Waals surface area contributed by atoms with Gasteiger partial charge in [0, 0.05) is 40.7 Å². The molecule has 0 saturated heterocycles. The van der Waals surface area contributed by atoms with Crippen LogP contribution in [0, 0.1) is 28.1 Å². The summed E-state index contributed by atoms with van der Waals surface area (Å²) < 4.78 is 16.0. The number of cyclic esters (lactones) is 1. The monoisotopic (exact) mass is 470 g/mol. The lowest BCUT2D eigenvalue weighted by Gasteiger charge is -2.59. The van der Waals surface area contributed by atoms with Crippen LogP contribution in [-0.2, 0) is 23.9 Å². The van der Waals surface area contributed by atoms with Crippen LogP contribution in [0.5, 0.6) is 0 Å². The van der Waals surface area contributed by atoms with Gasteiger partial charge >= 0.3 is 11.9 Å². The van der Waals surface area contributed by atoms with E-state index in [0.29, 0.717) is 12.8 Å². The summed E-state index contributed by atoms with van der Waals surface area (Å²) in [5.41, 5.74) is 0.170. The standard InChI is InChI=1S/C27H34O7/c1-15-17(27(5)19(12-22(30)32-6)25(2,3)20(28)13-21(27)29)7-9-26(4)18(15)11-23(31)34-24(26)16-8-10-33-14-16/h8,10-11,14,17,19,21,24,29H,1,7,9,12-13H2,2-6H3/t17-,19-,21-,24-,26+,27+/m0/s1. The first-order chi connectivity index (χ1) is 15.9. The van der Waals surface area contributed by atoms with Crippen molar-refractivity contribution in [3.8, 4) is 0 Å². The van der Waals surface area contributed by atoms with Crippen molar-refractivity contribution in [2.75, 3.05) is 7.11 Å². The zero-order valence-electron chi connectivity index (χ0n) is 20.6. The third kappa shape index (κ3) is 3.47. The maximum Gasteiger partial charge on any atom is 0.331 e. The first-order valence-electron chi connectivity index (χ1n) is 11.8. The molecule has 0 spiro atoms. The molecule has 2 fully saturated rings. The first kappa shape index (κ1) is 24.5. The number of methoxy groups -OCH3 is 1. The molecule has 2 aliphatic carbocycles. The van der Waals surface area contributed by atoms with Crippen LogP contribution in [-0.4, -0.2) is 36.0 Å². The van der Waals surface area contributed by atoms with Crippen LogP contribution in [0.2, 0.25) is 0 Å². The second kappa shape index (κ2) is 8.22. The maximum absolute atomic E-state index is 12.9. The number of hydrogen-bond acceptors (Lipinski definition) is 7. The van der Waals surface area contributed by atoms with Crippen LogP contribution in [0.25, 0.3) is 0 Å². The van der Waals surface area contributed by atoms with Crippen molar-refractivity contribution in [1.29, 1.82) is 0 Å². The quantitative estimate of drug-likeness (QED) is 0.654. The Bertz CT molecular complexity index is 1050. The minimum atomic E-state index is -0.949. The van der Waals surface area contributed by atoms with E-state index in [-0.39, 0.29) is 24.5 Å². The first-order valence-corrected chi connectivity index (χ1v) is 11.8. The summed E-state index contributed by atoms with van der Waals surface area (Å²) in [6, 6.07) is 1.80. The van der Waals surface area contributed by atoms with Crippen LogP contribution >= 0.6 is 0 Å². The number of carbonyl (C=O) groups is 3.